The lowest BCUT2D eigenvalue weighted by molar-refractivity contribution is -0.473. The van der Waals surface area contributed by atoms with Gasteiger partial charge in [0.25, 0.3) is 5.72 Å². The molecule has 102 valence electrons. The van der Waals surface area contributed by atoms with E-state index in [4.69, 9.17) is 10.8 Å². The molecule has 0 aromatic rings. The monoisotopic (exact) mass is 265 g/mol. The molecule has 0 aliphatic carbocycles. The number of fused-ring (bicyclic) bond motifs is 1. The van der Waals surface area contributed by atoms with Gasteiger partial charge in [0.05, 0.1) is 6.61 Å². The number of hydrogen-bond donors (Lipinski definition) is 5. The second-order valence-electron chi connectivity index (χ2n) is 3.93. The van der Waals surface area contributed by atoms with Gasteiger partial charge in [-0.2, -0.15) is 0 Å². The van der Waals surface area contributed by atoms with Gasteiger partial charge in [0.15, 0.2) is 0 Å². The first-order chi connectivity index (χ1) is 8.25. The lowest BCUT2D eigenvalue weighted by atomic mass is 9.91. The number of nitrogens with two attached hydrogens (primary N) is 1. The van der Waals surface area contributed by atoms with Crippen LogP contribution in [0.1, 0.15) is 0 Å². The summed E-state index contributed by atoms with van der Waals surface area (Å²) >= 11 is 0. The Bertz CT molecular complexity index is 400. The molecule has 0 bridgehead atoms. The SMILES string of the molecule is N[C@@]12OC(=O)C(=O)O[C@]1(O)O[C@H](CO)[C@@H](O)[C@@H]2O. The summed E-state index contributed by atoms with van der Waals surface area (Å²) < 4.78 is 13.3. The summed E-state index contributed by atoms with van der Waals surface area (Å²) in [5.74, 6) is -6.14. The minimum atomic E-state index is -3.00. The molecular formula is C8H11NO9. The number of aliphatic hydroxyl groups excluding tert-OH is 3. The van der Waals surface area contributed by atoms with Gasteiger partial charge in [-0.15, -0.1) is 0 Å². The molecule has 0 aromatic carbocycles. The van der Waals surface area contributed by atoms with Crippen LogP contribution in [0.3, 0.4) is 0 Å². The number of aliphatic hydroxyl groups is 4. The highest BCUT2D eigenvalue weighted by Gasteiger charge is 2.71. The van der Waals surface area contributed by atoms with E-state index >= 15 is 0 Å². The van der Waals surface area contributed by atoms with Crippen LogP contribution in [0.25, 0.3) is 0 Å². The smallest absolute Gasteiger partial charge is 0.421 e. The van der Waals surface area contributed by atoms with E-state index in [9.17, 15) is 24.9 Å². The molecule has 6 N–H and O–H groups in total. The number of rotatable bonds is 1. The fourth-order valence-electron chi connectivity index (χ4n) is 1.75. The normalized spacial score (nSPS) is 48.2. The Morgan fingerprint density at radius 3 is 2.33 bits per heavy atom. The lowest BCUT2D eigenvalue weighted by Gasteiger charge is -2.52. The van der Waals surface area contributed by atoms with E-state index in [0.29, 0.717) is 0 Å². The molecule has 5 atom stereocenters. The highest BCUT2D eigenvalue weighted by atomic mass is 16.9. The maximum Gasteiger partial charge on any atom is 0.421 e. The summed E-state index contributed by atoms with van der Waals surface area (Å²) in [6, 6.07) is 0. The van der Waals surface area contributed by atoms with Gasteiger partial charge >= 0.3 is 17.9 Å². The molecule has 10 nitrogen and oxygen atoms in total. The highest BCUT2D eigenvalue weighted by Crippen LogP contribution is 2.39. The van der Waals surface area contributed by atoms with E-state index in [2.05, 4.69) is 14.2 Å². The van der Waals surface area contributed by atoms with Crippen LogP contribution in [0.5, 0.6) is 0 Å². The number of hydrogen-bond acceptors (Lipinski definition) is 10. The Balaban J connectivity index is 2.41. The number of esters is 2. The van der Waals surface area contributed by atoms with Crippen LogP contribution < -0.4 is 5.73 Å². The zero-order valence-electron chi connectivity index (χ0n) is 8.85. The van der Waals surface area contributed by atoms with Crippen molar-refractivity contribution >= 4 is 11.9 Å². The molecule has 0 unspecified atom stereocenters. The largest absolute Gasteiger partial charge is 0.422 e. The molecule has 2 rings (SSSR count). The molecule has 0 radical (unpaired) electrons. The molecular weight excluding hydrogens is 254 g/mol. The predicted octanol–water partition coefficient (Wildman–Crippen LogP) is -4.50. The van der Waals surface area contributed by atoms with Crippen LogP contribution in [0.2, 0.25) is 0 Å². The van der Waals surface area contributed by atoms with Gasteiger partial charge in [0.1, 0.15) is 18.3 Å². The summed E-state index contributed by atoms with van der Waals surface area (Å²) in [6.07, 6.45) is -5.28. The van der Waals surface area contributed by atoms with Crippen molar-refractivity contribution < 1.29 is 44.2 Å². The van der Waals surface area contributed by atoms with Crippen molar-refractivity contribution in [1.82, 2.24) is 0 Å². The van der Waals surface area contributed by atoms with Crippen molar-refractivity contribution in [3.63, 3.8) is 0 Å². The summed E-state index contributed by atoms with van der Waals surface area (Å²) in [4.78, 5) is 22.0. The first-order valence-electron chi connectivity index (χ1n) is 4.87. The van der Waals surface area contributed by atoms with Crippen LogP contribution >= 0.6 is 0 Å². The molecule has 2 heterocycles. The standard InChI is InChI=1S/C8H11NO9/c9-7-4(12)3(11)2(1-10)16-8(7,15)18-6(14)5(13)17-7/h2-4,10-12,15H,1,9H2/t2-,3-,4+,7+,8-/m1/s1. The van der Waals surface area contributed by atoms with Gasteiger partial charge in [-0.05, 0) is 0 Å². The van der Waals surface area contributed by atoms with Crippen molar-refractivity contribution in [1.29, 1.82) is 0 Å². The molecule has 0 saturated carbocycles. The zero-order valence-corrected chi connectivity index (χ0v) is 8.85. The minimum absolute atomic E-state index is 0.803. The van der Waals surface area contributed by atoms with E-state index in [0.717, 1.165) is 0 Å². The first kappa shape index (κ1) is 13.1. The number of ether oxygens (including phenoxy) is 3. The Morgan fingerprint density at radius 2 is 1.78 bits per heavy atom. The second kappa shape index (κ2) is 3.85. The summed E-state index contributed by atoms with van der Waals surface area (Å²) in [7, 11) is 0. The fourth-order valence-corrected chi connectivity index (χ4v) is 1.75. The van der Waals surface area contributed by atoms with Gasteiger partial charge in [-0.1, -0.05) is 0 Å². The average Bonchev–Trinajstić information content (AvgIpc) is 2.30. The minimum Gasteiger partial charge on any atom is -0.422 e. The summed E-state index contributed by atoms with van der Waals surface area (Å²) in [5.41, 5.74) is 2.72. The molecule has 18 heavy (non-hydrogen) atoms. The topological polar surface area (TPSA) is 169 Å². The Kier molecular flexibility index (Phi) is 2.81. The van der Waals surface area contributed by atoms with Crippen molar-refractivity contribution in [3.05, 3.63) is 0 Å². The van der Waals surface area contributed by atoms with Crippen molar-refractivity contribution in [2.24, 2.45) is 5.73 Å². The molecule has 0 aromatic heterocycles. The van der Waals surface area contributed by atoms with E-state index in [1.54, 1.807) is 0 Å². The van der Waals surface area contributed by atoms with E-state index < -0.39 is 48.6 Å². The first-order valence-corrected chi connectivity index (χ1v) is 4.87. The molecule has 0 spiro atoms. The van der Waals surface area contributed by atoms with Crippen LogP contribution in [0, 0.1) is 0 Å². The molecule has 2 aliphatic heterocycles. The van der Waals surface area contributed by atoms with Gasteiger partial charge in [-0.3, -0.25) is 5.73 Å². The van der Waals surface area contributed by atoms with E-state index in [1.807, 2.05) is 0 Å². The molecule has 2 saturated heterocycles. The van der Waals surface area contributed by atoms with Crippen molar-refractivity contribution in [2.75, 3.05) is 6.61 Å². The summed E-state index contributed by atoms with van der Waals surface area (Å²) in [6.45, 7) is -0.803. The van der Waals surface area contributed by atoms with Crippen LogP contribution in [-0.2, 0) is 23.8 Å². The van der Waals surface area contributed by atoms with Gasteiger partial charge in [0.2, 0.25) is 0 Å². The number of carbonyl (C=O) groups is 2. The average molecular weight is 265 g/mol. The van der Waals surface area contributed by atoms with Gasteiger partial charge in [-0.25, -0.2) is 9.59 Å². The van der Waals surface area contributed by atoms with Crippen molar-refractivity contribution in [3.8, 4) is 0 Å². The van der Waals surface area contributed by atoms with Crippen LogP contribution in [-0.4, -0.2) is 69.0 Å². The lowest BCUT2D eigenvalue weighted by Crippen LogP contribution is -2.81. The Labute approximate surface area is 99.5 Å². The third-order valence-corrected chi connectivity index (χ3v) is 2.79. The van der Waals surface area contributed by atoms with E-state index in [-0.39, 0.29) is 0 Å². The quantitative estimate of drug-likeness (QED) is 0.230. The highest BCUT2D eigenvalue weighted by molar-refractivity contribution is 6.30. The fraction of sp³-hybridized carbons (Fsp3) is 0.750. The third kappa shape index (κ3) is 1.51. The van der Waals surface area contributed by atoms with Crippen LogP contribution in [0.15, 0.2) is 0 Å². The predicted molar refractivity (Wildman–Crippen MR) is 48.0 cm³/mol. The molecule has 2 fully saturated rings. The number of carbonyl (C=O) groups excluding carboxylic acids is 2. The van der Waals surface area contributed by atoms with E-state index in [1.165, 1.54) is 0 Å². The Hall–Kier alpha value is -1.30. The van der Waals surface area contributed by atoms with Gasteiger partial charge in [0, 0.05) is 0 Å². The van der Waals surface area contributed by atoms with Crippen molar-refractivity contribution in [2.45, 2.75) is 30.0 Å². The maximum absolute atomic E-state index is 11.0. The maximum atomic E-state index is 11.0. The Morgan fingerprint density at radius 1 is 1.22 bits per heavy atom. The molecule has 2 aliphatic rings. The second-order valence-corrected chi connectivity index (χ2v) is 3.93. The van der Waals surface area contributed by atoms with Crippen LogP contribution in [0.4, 0.5) is 0 Å². The van der Waals surface area contributed by atoms with Gasteiger partial charge < -0.3 is 34.6 Å². The zero-order chi connectivity index (χ0) is 13.7. The third-order valence-electron chi connectivity index (χ3n) is 2.79. The molecule has 10 heteroatoms. The molecule has 0 amide bonds. The summed E-state index contributed by atoms with van der Waals surface area (Å²) in [5, 5.41) is 38.0.